The summed E-state index contributed by atoms with van der Waals surface area (Å²) in [5.74, 6) is 0.699. The van der Waals surface area contributed by atoms with Crippen LogP contribution in [-0.4, -0.2) is 15.4 Å². The second-order valence-electron chi connectivity index (χ2n) is 3.86. The van der Waals surface area contributed by atoms with Gasteiger partial charge < -0.3 is 4.57 Å². The van der Waals surface area contributed by atoms with Crippen molar-refractivity contribution in [1.82, 2.24) is 9.55 Å². The van der Waals surface area contributed by atoms with Gasteiger partial charge in [0.15, 0.2) is 0 Å². The summed E-state index contributed by atoms with van der Waals surface area (Å²) in [4.78, 5) is 4.45. The van der Waals surface area contributed by atoms with Gasteiger partial charge in [-0.25, -0.2) is 4.98 Å². The third-order valence-electron chi connectivity index (χ3n) is 2.85. The van der Waals surface area contributed by atoms with Gasteiger partial charge >= 0.3 is 0 Å². The highest BCUT2D eigenvalue weighted by molar-refractivity contribution is 6.17. The molecule has 0 bridgehead atoms. The van der Waals surface area contributed by atoms with Gasteiger partial charge in [-0.05, 0) is 37.5 Å². The molecule has 3 heteroatoms. The topological polar surface area (TPSA) is 17.8 Å². The Bertz CT molecular complexity index is 474. The zero-order valence-electron chi connectivity index (χ0n) is 9.13. The van der Waals surface area contributed by atoms with Gasteiger partial charge in [-0.3, -0.25) is 0 Å². The zero-order valence-corrected chi connectivity index (χ0v) is 9.88. The molecule has 0 spiro atoms. The van der Waals surface area contributed by atoms with Crippen molar-refractivity contribution in [2.75, 3.05) is 5.88 Å². The third-order valence-corrected chi connectivity index (χ3v) is 3.12. The minimum atomic E-state index is 0.699. The van der Waals surface area contributed by atoms with Crippen LogP contribution < -0.4 is 0 Å². The van der Waals surface area contributed by atoms with Crippen molar-refractivity contribution in [3.05, 3.63) is 29.6 Å². The molecule has 0 aliphatic carbocycles. The molecule has 2 nitrogen and oxygen atoms in total. The highest BCUT2D eigenvalue weighted by Gasteiger charge is 2.05. The fourth-order valence-corrected chi connectivity index (χ4v) is 1.90. The van der Waals surface area contributed by atoms with E-state index < -0.39 is 0 Å². The lowest BCUT2D eigenvalue weighted by Gasteiger charge is -2.04. The number of nitrogens with zero attached hydrogens (tertiary/aromatic N) is 2. The summed E-state index contributed by atoms with van der Waals surface area (Å²) < 4.78 is 2.17. The van der Waals surface area contributed by atoms with Crippen molar-refractivity contribution >= 4 is 22.6 Å². The molecule has 0 unspecified atom stereocenters. The molecule has 1 aromatic carbocycles. The molecule has 0 amide bonds. The lowest BCUT2D eigenvalue weighted by atomic mass is 10.1. The average molecular weight is 223 g/mol. The summed E-state index contributed by atoms with van der Waals surface area (Å²) in [6.07, 6.45) is 2.89. The number of alkyl halides is 1. The summed E-state index contributed by atoms with van der Waals surface area (Å²) in [7, 11) is 0. The van der Waals surface area contributed by atoms with Crippen LogP contribution in [0.2, 0.25) is 0 Å². The minimum Gasteiger partial charge on any atom is -0.331 e. The molecule has 0 saturated heterocycles. The molecular weight excluding hydrogens is 208 g/mol. The van der Waals surface area contributed by atoms with E-state index in [0.717, 1.165) is 18.5 Å². The van der Waals surface area contributed by atoms with Gasteiger partial charge in [-0.15, -0.1) is 11.6 Å². The van der Waals surface area contributed by atoms with E-state index in [9.17, 15) is 0 Å². The van der Waals surface area contributed by atoms with Gasteiger partial charge in [-0.2, -0.15) is 0 Å². The maximum atomic E-state index is 5.69. The Kier molecular flexibility index (Phi) is 2.96. The van der Waals surface area contributed by atoms with E-state index in [1.165, 1.54) is 16.6 Å². The van der Waals surface area contributed by atoms with Crippen LogP contribution in [0.25, 0.3) is 11.0 Å². The fraction of sp³-hybridized carbons (Fsp3) is 0.417. The first-order valence-corrected chi connectivity index (χ1v) is 5.74. The van der Waals surface area contributed by atoms with Crippen LogP contribution in [0.15, 0.2) is 18.5 Å². The van der Waals surface area contributed by atoms with Crippen LogP contribution in [0.1, 0.15) is 17.5 Å². The summed E-state index contributed by atoms with van der Waals surface area (Å²) in [5, 5.41) is 0. The second-order valence-corrected chi connectivity index (χ2v) is 4.23. The molecular formula is C12H15ClN2. The van der Waals surface area contributed by atoms with E-state index in [1.54, 1.807) is 0 Å². The van der Waals surface area contributed by atoms with Gasteiger partial charge in [0.2, 0.25) is 0 Å². The first-order valence-electron chi connectivity index (χ1n) is 5.21. The molecule has 0 aliphatic rings. The molecule has 1 aromatic heterocycles. The molecule has 0 saturated carbocycles. The number of benzene rings is 1. The van der Waals surface area contributed by atoms with Crippen molar-refractivity contribution in [3.63, 3.8) is 0 Å². The van der Waals surface area contributed by atoms with Crippen LogP contribution >= 0.6 is 11.6 Å². The molecule has 0 aliphatic heterocycles. The highest BCUT2D eigenvalue weighted by Crippen LogP contribution is 2.20. The van der Waals surface area contributed by atoms with E-state index in [-0.39, 0.29) is 0 Å². The predicted octanol–water partition coefficient (Wildman–Crippen LogP) is 3.28. The largest absolute Gasteiger partial charge is 0.331 e. The van der Waals surface area contributed by atoms with Crippen LogP contribution in [0.3, 0.4) is 0 Å². The lowest BCUT2D eigenvalue weighted by Crippen LogP contribution is -1.96. The predicted molar refractivity (Wildman–Crippen MR) is 64.5 cm³/mol. The Labute approximate surface area is 94.9 Å². The molecule has 80 valence electrons. The number of aryl methyl sites for hydroxylation is 3. The van der Waals surface area contributed by atoms with E-state index >= 15 is 0 Å². The van der Waals surface area contributed by atoms with E-state index in [1.807, 2.05) is 6.33 Å². The van der Waals surface area contributed by atoms with Crippen LogP contribution in [-0.2, 0) is 6.54 Å². The quantitative estimate of drug-likeness (QED) is 0.729. The Morgan fingerprint density at radius 1 is 1.33 bits per heavy atom. The molecule has 0 N–H and O–H groups in total. The van der Waals surface area contributed by atoms with Crippen molar-refractivity contribution < 1.29 is 0 Å². The third kappa shape index (κ3) is 1.86. The van der Waals surface area contributed by atoms with E-state index in [2.05, 4.69) is 35.5 Å². The Morgan fingerprint density at radius 2 is 2.13 bits per heavy atom. The summed E-state index contributed by atoms with van der Waals surface area (Å²) in [6, 6.07) is 4.29. The SMILES string of the molecule is Cc1ccc2c(ncn2CCCCl)c1C. The second kappa shape index (κ2) is 4.23. The molecule has 0 atom stereocenters. The highest BCUT2D eigenvalue weighted by atomic mass is 35.5. The number of rotatable bonds is 3. The van der Waals surface area contributed by atoms with Crippen LogP contribution in [0, 0.1) is 13.8 Å². The average Bonchev–Trinajstić information content (AvgIpc) is 2.64. The minimum absolute atomic E-state index is 0.699. The number of hydrogen-bond donors (Lipinski definition) is 0. The number of imidazole rings is 1. The van der Waals surface area contributed by atoms with Crippen LogP contribution in [0.4, 0.5) is 0 Å². The monoisotopic (exact) mass is 222 g/mol. The molecule has 0 radical (unpaired) electrons. The zero-order chi connectivity index (χ0) is 10.8. The van der Waals surface area contributed by atoms with Gasteiger partial charge in [0.25, 0.3) is 0 Å². The summed E-state index contributed by atoms with van der Waals surface area (Å²) >= 11 is 5.69. The maximum Gasteiger partial charge on any atom is 0.0958 e. The number of hydrogen-bond acceptors (Lipinski definition) is 1. The van der Waals surface area contributed by atoms with Crippen molar-refractivity contribution in [1.29, 1.82) is 0 Å². The summed E-state index contributed by atoms with van der Waals surface area (Å²) in [5.41, 5.74) is 4.90. The van der Waals surface area contributed by atoms with E-state index in [0.29, 0.717) is 5.88 Å². The molecule has 15 heavy (non-hydrogen) atoms. The first kappa shape index (κ1) is 10.5. The van der Waals surface area contributed by atoms with Crippen molar-refractivity contribution in [2.24, 2.45) is 0 Å². The number of fused-ring (bicyclic) bond motifs is 1. The van der Waals surface area contributed by atoms with Gasteiger partial charge in [0.1, 0.15) is 0 Å². The van der Waals surface area contributed by atoms with Crippen molar-refractivity contribution in [2.45, 2.75) is 26.8 Å². The summed E-state index contributed by atoms with van der Waals surface area (Å²) in [6.45, 7) is 5.19. The van der Waals surface area contributed by atoms with Gasteiger partial charge in [0.05, 0.1) is 17.4 Å². The molecule has 2 aromatic rings. The first-order chi connectivity index (χ1) is 7.24. The van der Waals surface area contributed by atoms with Gasteiger partial charge in [-0.1, -0.05) is 6.07 Å². The molecule has 1 heterocycles. The molecule has 2 rings (SSSR count). The van der Waals surface area contributed by atoms with Crippen molar-refractivity contribution in [3.8, 4) is 0 Å². The Morgan fingerprint density at radius 3 is 2.87 bits per heavy atom. The standard InChI is InChI=1S/C12H15ClN2/c1-9-4-5-11-12(10(9)2)14-8-15(11)7-3-6-13/h4-5,8H,3,6-7H2,1-2H3. The maximum absolute atomic E-state index is 5.69. The Balaban J connectivity index is 2.47. The fourth-order valence-electron chi connectivity index (χ4n) is 1.78. The normalized spacial score (nSPS) is 11.1. The smallest absolute Gasteiger partial charge is 0.0958 e. The number of halogens is 1. The lowest BCUT2D eigenvalue weighted by molar-refractivity contribution is 0.700. The Hall–Kier alpha value is -1.02. The number of aromatic nitrogens is 2. The molecule has 0 fully saturated rings. The van der Waals surface area contributed by atoms with E-state index in [4.69, 9.17) is 11.6 Å². The van der Waals surface area contributed by atoms with Crippen LogP contribution in [0.5, 0.6) is 0 Å². The van der Waals surface area contributed by atoms with Gasteiger partial charge in [0, 0.05) is 12.4 Å².